The highest BCUT2D eigenvalue weighted by atomic mass is 16.1. The maximum Gasteiger partial charge on any atom is 0.274 e. The molecule has 0 aliphatic rings. The summed E-state index contributed by atoms with van der Waals surface area (Å²) in [7, 11) is 0. The van der Waals surface area contributed by atoms with E-state index >= 15 is 0 Å². The van der Waals surface area contributed by atoms with E-state index in [2.05, 4.69) is 25.9 Å². The van der Waals surface area contributed by atoms with Gasteiger partial charge in [0.15, 0.2) is 0 Å². The van der Waals surface area contributed by atoms with Crippen molar-refractivity contribution in [2.24, 2.45) is 5.92 Å². The first-order valence-electron chi connectivity index (χ1n) is 7.43. The molecule has 1 N–H and O–H groups in total. The Labute approximate surface area is 120 Å². The molecule has 0 amide bonds. The van der Waals surface area contributed by atoms with Gasteiger partial charge in [0.05, 0.1) is 5.69 Å². The minimum atomic E-state index is 0.108. The second-order valence-electron chi connectivity index (χ2n) is 5.84. The van der Waals surface area contributed by atoms with E-state index in [1.54, 1.807) is 4.68 Å². The first kappa shape index (κ1) is 14.6. The number of aryl methyl sites for hydroxylation is 2. The molecule has 0 atom stereocenters. The third kappa shape index (κ3) is 2.87. The van der Waals surface area contributed by atoms with Crippen LogP contribution in [0.2, 0.25) is 0 Å². The van der Waals surface area contributed by atoms with Crippen LogP contribution in [0.4, 0.5) is 0 Å². The minimum absolute atomic E-state index is 0.108. The molecule has 20 heavy (non-hydrogen) atoms. The largest absolute Gasteiger partial charge is 0.295 e. The van der Waals surface area contributed by atoms with Gasteiger partial charge in [-0.05, 0) is 37.3 Å². The van der Waals surface area contributed by atoms with E-state index in [4.69, 9.17) is 0 Å². The lowest BCUT2D eigenvalue weighted by atomic mass is 10.0. The molecule has 0 saturated carbocycles. The second-order valence-corrected chi connectivity index (χ2v) is 5.84. The fourth-order valence-corrected chi connectivity index (χ4v) is 2.58. The Bertz CT molecular complexity index is 635. The Morgan fingerprint density at radius 1 is 1.25 bits per heavy atom. The summed E-state index contributed by atoms with van der Waals surface area (Å²) >= 11 is 0. The number of rotatable bonds is 5. The van der Waals surface area contributed by atoms with Crippen molar-refractivity contribution in [3.05, 3.63) is 51.4 Å². The van der Waals surface area contributed by atoms with Gasteiger partial charge in [0, 0.05) is 11.3 Å². The highest BCUT2D eigenvalue weighted by Crippen LogP contribution is 2.15. The SMILES string of the molecule is CCCc1[nH]n(-c2ccccc2C)c(=O)c1CC(C)C. The molecule has 2 aromatic rings. The molecule has 2 rings (SSSR count). The molecule has 0 bridgehead atoms. The molecule has 3 heteroatoms. The van der Waals surface area contributed by atoms with Crippen molar-refractivity contribution in [2.75, 3.05) is 0 Å². The van der Waals surface area contributed by atoms with Crippen LogP contribution in [-0.2, 0) is 12.8 Å². The van der Waals surface area contributed by atoms with Gasteiger partial charge in [-0.25, -0.2) is 4.68 Å². The van der Waals surface area contributed by atoms with Crippen molar-refractivity contribution in [1.29, 1.82) is 0 Å². The van der Waals surface area contributed by atoms with E-state index < -0.39 is 0 Å². The molecule has 0 saturated heterocycles. The molecular weight excluding hydrogens is 248 g/mol. The van der Waals surface area contributed by atoms with E-state index in [1.807, 2.05) is 31.2 Å². The van der Waals surface area contributed by atoms with Crippen LogP contribution in [0, 0.1) is 12.8 Å². The van der Waals surface area contributed by atoms with Crippen LogP contribution < -0.4 is 5.56 Å². The van der Waals surface area contributed by atoms with Gasteiger partial charge in [-0.3, -0.25) is 9.89 Å². The number of aromatic amines is 1. The van der Waals surface area contributed by atoms with Gasteiger partial charge in [-0.15, -0.1) is 0 Å². The van der Waals surface area contributed by atoms with Crippen LogP contribution in [0.25, 0.3) is 5.69 Å². The van der Waals surface area contributed by atoms with Crippen LogP contribution in [-0.4, -0.2) is 9.78 Å². The molecule has 1 aromatic heterocycles. The van der Waals surface area contributed by atoms with Crippen LogP contribution in [0.1, 0.15) is 44.0 Å². The third-order valence-corrected chi connectivity index (χ3v) is 3.54. The van der Waals surface area contributed by atoms with Gasteiger partial charge in [-0.1, -0.05) is 45.4 Å². The standard InChI is InChI=1S/C17H24N2O/c1-5-8-15-14(11-12(2)3)17(20)19(18-15)16-10-7-6-9-13(16)4/h6-7,9-10,12,18H,5,8,11H2,1-4H3. The second kappa shape index (κ2) is 6.12. The first-order chi connectivity index (χ1) is 9.54. The maximum absolute atomic E-state index is 12.7. The van der Waals surface area contributed by atoms with Crippen LogP contribution in [0.15, 0.2) is 29.1 Å². The smallest absolute Gasteiger partial charge is 0.274 e. The number of benzene rings is 1. The summed E-state index contributed by atoms with van der Waals surface area (Å²) in [4.78, 5) is 12.7. The highest BCUT2D eigenvalue weighted by molar-refractivity contribution is 5.40. The summed E-state index contributed by atoms with van der Waals surface area (Å²) in [6.45, 7) is 8.48. The Balaban J connectivity index is 2.55. The Morgan fingerprint density at radius 2 is 1.95 bits per heavy atom. The molecule has 1 heterocycles. The molecule has 0 fully saturated rings. The number of para-hydroxylation sites is 1. The zero-order valence-electron chi connectivity index (χ0n) is 12.9. The molecule has 108 valence electrons. The summed E-state index contributed by atoms with van der Waals surface area (Å²) in [6, 6.07) is 7.98. The topological polar surface area (TPSA) is 37.8 Å². The van der Waals surface area contributed by atoms with Gasteiger partial charge >= 0.3 is 0 Å². The molecular formula is C17H24N2O. The highest BCUT2D eigenvalue weighted by Gasteiger charge is 2.16. The van der Waals surface area contributed by atoms with E-state index in [1.165, 1.54) is 0 Å². The predicted molar refractivity (Wildman–Crippen MR) is 83.7 cm³/mol. The normalized spacial score (nSPS) is 11.2. The molecule has 0 unspecified atom stereocenters. The van der Waals surface area contributed by atoms with Gasteiger partial charge < -0.3 is 0 Å². The molecule has 3 nitrogen and oxygen atoms in total. The van der Waals surface area contributed by atoms with E-state index in [0.29, 0.717) is 5.92 Å². The zero-order valence-corrected chi connectivity index (χ0v) is 12.9. The summed E-state index contributed by atoms with van der Waals surface area (Å²) < 4.78 is 1.71. The van der Waals surface area contributed by atoms with E-state index in [0.717, 1.165) is 41.8 Å². The summed E-state index contributed by atoms with van der Waals surface area (Å²) in [6.07, 6.45) is 2.80. The fraction of sp³-hybridized carbons (Fsp3) is 0.471. The average Bonchev–Trinajstić information content (AvgIpc) is 2.68. The first-order valence-corrected chi connectivity index (χ1v) is 7.43. The average molecular weight is 272 g/mol. The van der Waals surface area contributed by atoms with Crippen molar-refractivity contribution in [3.8, 4) is 5.69 Å². The predicted octanol–water partition coefficient (Wildman–Crippen LogP) is 3.63. The zero-order chi connectivity index (χ0) is 14.7. The van der Waals surface area contributed by atoms with Gasteiger partial charge in [0.2, 0.25) is 0 Å². The maximum atomic E-state index is 12.7. The lowest BCUT2D eigenvalue weighted by Crippen LogP contribution is -2.19. The quantitative estimate of drug-likeness (QED) is 0.887. The van der Waals surface area contributed by atoms with Gasteiger partial charge in [0.25, 0.3) is 5.56 Å². The summed E-state index contributed by atoms with van der Waals surface area (Å²) in [5, 5.41) is 3.32. The van der Waals surface area contributed by atoms with Crippen molar-refractivity contribution in [3.63, 3.8) is 0 Å². The summed E-state index contributed by atoms with van der Waals surface area (Å²) in [5.41, 5.74) is 4.20. The number of hydrogen-bond donors (Lipinski definition) is 1. The fourth-order valence-electron chi connectivity index (χ4n) is 2.58. The number of nitrogens with one attached hydrogen (secondary N) is 1. The van der Waals surface area contributed by atoms with Crippen LogP contribution in [0.3, 0.4) is 0 Å². The Kier molecular flexibility index (Phi) is 4.48. The minimum Gasteiger partial charge on any atom is -0.295 e. The van der Waals surface area contributed by atoms with Gasteiger partial charge in [-0.2, -0.15) is 0 Å². The molecule has 0 aliphatic heterocycles. The van der Waals surface area contributed by atoms with Crippen molar-refractivity contribution in [2.45, 2.75) is 47.0 Å². The number of nitrogens with zero attached hydrogens (tertiary/aromatic N) is 1. The van der Waals surface area contributed by atoms with Crippen molar-refractivity contribution < 1.29 is 0 Å². The number of H-pyrrole nitrogens is 1. The third-order valence-electron chi connectivity index (χ3n) is 3.54. The van der Waals surface area contributed by atoms with Crippen molar-refractivity contribution >= 4 is 0 Å². The lowest BCUT2D eigenvalue weighted by molar-refractivity contribution is 0.639. The van der Waals surface area contributed by atoms with Gasteiger partial charge in [0.1, 0.15) is 0 Å². The van der Waals surface area contributed by atoms with Crippen molar-refractivity contribution in [1.82, 2.24) is 9.78 Å². The summed E-state index contributed by atoms with van der Waals surface area (Å²) in [5.74, 6) is 0.486. The van der Waals surface area contributed by atoms with E-state index in [-0.39, 0.29) is 5.56 Å². The lowest BCUT2D eigenvalue weighted by Gasteiger charge is -2.05. The van der Waals surface area contributed by atoms with E-state index in [9.17, 15) is 4.79 Å². The molecule has 0 aliphatic carbocycles. The Hall–Kier alpha value is -1.77. The molecule has 0 spiro atoms. The number of hydrogen-bond acceptors (Lipinski definition) is 1. The van der Waals surface area contributed by atoms with Crippen LogP contribution in [0.5, 0.6) is 0 Å². The Morgan fingerprint density at radius 3 is 2.55 bits per heavy atom. The monoisotopic (exact) mass is 272 g/mol. The van der Waals surface area contributed by atoms with Crippen LogP contribution >= 0.6 is 0 Å². The number of aromatic nitrogens is 2. The molecule has 1 aromatic carbocycles. The molecule has 0 radical (unpaired) electrons.